The first-order valence-corrected chi connectivity index (χ1v) is 5.80. The Morgan fingerprint density at radius 1 is 1.37 bits per heavy atom. The van der Waals surface area contributed by atoms with E-state index in [1.54, 1.807) is 24.3 Å². The SMILES string of the molecule is COc1cc(C(Cc2ccccc2F)NN)ncn1. The van der Waals surface area contributed by atoms with Gasteiger partial charge in [-0.2, -0.15) is 0 Å². The Morgan fingerprint density at radius 2 is 2.16 bits per heavy atom. The normalized spacial score (nSPS) is 12.2. The number of hydrogen-bond acceptors (Lipinski definition) is 5. The van der Waals surface area contributed by atoms with E-state index in [0.717, 1.165) is 0 Å². The number of aromatic nitrogens is 2. The van der Waals surface area contributed by atoms with Gasteiger partial charge in [0.1, 0.15) is 12.1 Å². The van der Waals surface area contributed by atoms with Crippen molar-refractivity contribution in [1.29, 1.82) is 0 Å². The summed E-state index contributed by atoms with van der Waals surface area (Å²) in [4.78, 5) is 8.05. The number of ether oxygens (including phenoxy) is 1. The predicted molar refractivity (Wildman–Crippen MR) is 68.8 cm³/mol. The van der Waals surface area contributed by atoms with Gasteiger partial charge in [-0.15, -0.1) is 0 Å². The van der Waals surface area contributed by atoms with Crippen LogP contribution in [0.15, 0.2) is 36.7 Å². The number of halogens is 1. The van der Waals surface area contributed by atoms with Gasteiger partial charge in [0.15, 0.2) is 0 Å². The summed E-state index contributed by atoms with van der Waals surface area (Å²) in [5.41, 5.74) is 3.86. The highest BCUT2D eigenvalue weighted by Gasteiger charge is 2.15. The number of hydrazine groups is 1. The van der Waals surface area contributed by atoms with Crippen molar-refractivity contribution in [3.63, 3.8) is 0 Å². The molecule has 0 bridgehead atoms. The Balaban J connectivity index is 2.22. The van der Waals surface area contributed by atoms with Crippen molar-refractivity contribution in [3.05, 3.63) is 53.7 Å². The molecule has 100 valence electrons. The maximum Gasteiger partial charge on any atom is 0.216 e. The second-order valence-corrected chi connectivity index (χ2v) is 4.00. The molecule has 0 fully saturated rings. The molecule has 0 aliphatic heterocycles. The third-order valence-electron chi connectivity index (χ3n) is 2.81. The Bertz CT molecular complexity index is 550. The van der Waals surface area contributed by atoms with Gasteiger partial charge < -0.3 is 4.74 Å². The lowest BCUT2D eigenvalue weighted by Gasteiger charge is -2.16. The van der Waals surface area contributed by atoms with E-state index >= 15 is 0 Å². The number of methoxy groups -OCH3 is 1. The molecule has 0 amide bonds. The third kappa shape index (κ3) is 3.24. The summed E-state index contributed by atoms with van der Waals surface area (Å²) < 4.78 is 18.7. The van der Waals surface area contributed by atoms with E-state index in [1.165, 1.54) is 19.5 Å². The minimum Gasteiger partial charge on any atom is -0.481 e. The van der Waals surface area contributed by atoms with Gasteiger partial charge in [0.05, 0.1) is 18.8 Å². The average molecular weight is 262 g/mol. The maximum atomic E-state index is 13.6. The van der Waals surface area contributed by atoms with Crippen LogP contribution in [0.1, 0.15) is 17.3 Å². The first kappa shape index (κ1) is 13.4. The summed E-state index contributed by atoms with van der Waals surface area (Å²) >= 11 is 0. The first-order chi connectivity index (χ1) is 9.24. The smallest absolute Gasteiger partial charge is 0.216 e. The highest BCUT2D eigenvalue weighted by Crippen LogP contribution is 2.19. The fourth-order valence-electron chi connectivity index (χ4n) is 1.79. The summed E-state index contributed by atoms with van der Waals surface area (Å²) in [5, 5.41) is 0. The van der Waals surface area contributed by atoms with Gasteiger partial charge in [-0.25, -0.2) is 14.4 Å². The topological polar surface area (TPSA) is 73.1 Å². The van der Waals surface area contributed by atoms with Crippen molar-refractivity contribution in [2.24, 2.45) is 5.84 Å². The third-order valence-corrected chi connectivity index (χ3v) is 2.81. The van der Waals surface area contributed by atoms with Gasteiger partial charge in [-0.05, 0) is 18.1 Å². The van der Waals surface area contributed by atoms with Crippen LogP contribution in [-0.2, 0) is 6.42 Å². The highest BCUT2D eigenvalue weighted by atomic mass is 19.1. The van der Waals surface area contributed by atoms with E-state index in [9.17, 15) is 4.39 Å². The zero-order chi connectivity index (χ0) is 13.7. The lowest BCUT2D eigenvalue weighted by Crippen LogP contribution is -2.30. The van der Waals surface area contributed by atoms with E-state index in [1.807, 2.05) is 0 Å². The molecule has 1 heterocycles. The van der Waals surface area contributed by atoms with Crippen LogP contribution in [0.3, 0.4) is 0 Å². The Morgan fingerprint density at radius 3 is 2.84 bits per heavy atom. The molecule has 1 atom stereocenters. The molecule has 6 heteroatoms. The molecule has 5 nitrogen and oxygen atoms in total. The average Bonchev–Trinajstić information content (AvgIpc) is 2.46. The Kier molecular flexibility index (Phi) is 4.38. The van der Waals surface area contributed by atoms with Crippen molar-refractivity contribution in [2.45, 2.75) is 12.5 Å². The minimum absolute atomic E-state index is 0.260. The molecule has 0 saturated heterocycles. The van der Waals surface area contributed by atoms with Crippen LogP contribution in [-0.4, -0.2) is 17.1 Å². The standard InChI is InChI=1S/C13H15FN4O/c1-19-13-7-11(16-8-17-13)12(18-15)6-9-4-2-3-5-10(9)14/h2-5,7-8,12,18H,6,15H2,1H3. The van der Waals surface area contributed by atoms with E-state index in [0.29, 0.717) is 23.6 Å². The van der Waals surface area contributed by atoms with Crippen LogP contribution in [0.25, 0.3) is 0 Å². The van der Waals surface area contributed by atoms with Crippen molar-refractivity contribution < 1.29 is 9.13 Å². The van der Waals surface area contributed by atoms with Crippen LogP contribution in [0, 0.1) is 5.82 Å². The predicted octanol–water partition coefficient (Wildman–Crippen LogP) is 1.37. The highest BCUT2D eigenvalue weighted by molar-refractivity contribution is 5.22. The Labute approximate surface area is 110 Å². The zero-order valence-corrected chi connectivity index (χ0v) is 10.5. The van der Waals surface area contributed by atoms with Crippen molar-refractivity contribution >= 4 is 0 Å². The van der Waals surface area contributed by atoms with Gasteiger partial charge in [0, 0.05) is 6.07 Å². The molecular weight excluding hydrogens is 247 g/mol. The number of benzene rings is 1. The van der Waals surface area contributed by atoms with Gasteiger partial charge in [-0.1, -0.05) is 18.2 Å². The molecule has 1 aromatic heterocycles. The number of nitrogens with zero attached hydrogens (tertiary/aromatic N) is 2. The molecule has 0 spiro atoms. The van der Waals surface area contributed by atoms with Gasteiger partial charge in [0.2, 0.25) is 5.88 Å². The quantitative estimate of drug-likeness (QED) is 0.629. The number of nitrogens with two attached hydrogens (primary N) is 1. The molecule has 0 aliphatic rings. The van der Waals surface area contributed by atoms with Crippen molar-refractivity contribution in [3.8, 4) is 5.88 Å². The molecular formula is C13H15FN4O. The van der Waals surface area contributed by atoms with Gasteiger partial charge in [-0.3, -0.25) is 11.3 Å². The molecule has 1 unspecified atom stereocenters. The lowest BCUT2D eigenvalue weighted by molar-refractivity contribution is 0.393. The van der Waals surface area contributed by atoms with E-state index < -0.39 is 0 Å². The van der Waals surface area contributed by atoms with Gasteiger partial charge >= 0.3 is 0 Å². The molecule has 19 heavy (non-hydrogen) atoms. The van der Waals surface area contributed by atoms with E-state index in [-0.39, 0.29) is 11.9 Å². The molecule has 1 aromatic carbocycles. The molecule has 2 rings (SSSR count). The number of hydrogen-bond donors (Lipinski definition) is 2. The monoisotopic (exact) mass is 262 g/mol. The van der Waals surface area contributed by atoms with Gasteiger partial charge in [0.25, 0.3) is 0 Å². The molecule has 2 aromatic rings. The zero-order valence-electron chi connectivity index (χ0n) is 10.5. The summed E-state index contributed by atoms with van der Waals surface area (Å²) in [7, 11) is 1.52. The van der Waals surface area contributed by atoms with Crippen LogP contribution < -0.4 is 16.0 Å². The number of nitrogens with one attached hydrogen (secondary N) is 1. The molecule has 0 saturated carbocycles. The second kappa shape index (κ2) is 6.21. The summed E-state index contributed by atoms with van der Waals surface area (Å²) in [6.07, 6.45) is 1.78. The minimum atomic E-state index is -0.311. The summed E-state index contributed by atoms with van der Waals surface area (Å²) in [5.74, 6) is 5.70. The lowest BCUT2D eigenvalue weighted by atomic mass is 10.0. The first-order valence-electron chi connectivity index (χ1n) is 5.80. The van der Waals surface area contributed by atoms with Crippen LogP contribution >= 0.6 is 0 Å². The fraction of sp³-hybridized carbons (Fsp3) is 0.231. The van der Waals surface area contributed by atoms with E-state index in [2.05, 4.69) is 15.4 Å². The van der Waals surface area contributed by atoms with E-state index in [4.69, 9.17) is 10.6 Å². The number of rotatable bonds is 5. The van der Waals surface area contributed by atoms with Crippen molar-refractivity contribution in [1.82, 2.24) is 15.4 Å². The molecule has 0 radical (unpaired) electrons. The molecule has 3 N–H and O–H groups in total. The fourth-order valence-corrected chi connectivity index (χ4v) is 1.79. The summed E-state index contributed by atoms with van der Waals surface area (Å²) in [6, 6.07) is 7.94. The second-order valence-electron chi connectivity index (χ2n) is 4.00. The summed E-state index contributed by atoms with van der Waals surface area (Å²) in [6.45, 7) is 0. The molecule has 0 aliphatic carbocycles. The Hall–Kier alpha value is -2.05. The van der Waals surface area contributed by atoms with Crippen molar-refractivity contribution in [2.75, 3.05) is 7.11 Å². The maximum absolute atomic E-state index is 13.6. The van der Waals surface area contributed by atoms with Crippen LogP contribution in [0.2, 0.25) is 0 Å². The van der Waals surface area contributed by atoms with Crippen LogP contribution in [0.5, 0.6) is 5.88 Å². The van der Waals surface area contributed by atoms with Crippen LogP contribution in [0.4, 0.5) is 4.39 Å². The largest absolute Gasteiger partial charge is 0.481 e.